The zero-order chi connectivity index (χ0) is 20.0. The van der Waals surface area contributed by atoms with Gasteiger partial charge in [0.15, 0.2) is 0 Å². The van der Waals surface area contributed by atoms with E-state index in [4.69, 9.17) is 4.74 Å². The fraction of sp³-hybridized carbons (Fsp3) is 0.350. The SMILES string of the molecule is CCNC(=O)c1cc(S(=O)(=O)N[C@@H](C)c2ccc(CC)cc2)ccc1OC. The summed E-state index contributed by atoms with van der Waals surface area (Å²) in [5.74, 6) is -0.0577. The lowest BCUT2D eigenvalue weighted by Gasteiger charge is -2.16. The summed E-state index contributed by atoms with van der Waals surface area (Å²) in [6.07, 6.45) is 0.925. The number of carbonyl (C=O) groups is 1. The summed E-state index contributed by atoms with van der Waals surface area (Å²) >= 11 is 0. The number of hydrogen-bond acceptors (Lipinski definition) is 4. The van der Waals surface area contributed by atoms with Gasteiger partial charge in [-0.15, -0.1) is 0 Å². The standard InChI is InChI=1S/C20H26N2O4S/c1-5-15-7-9-16(10-8-15)14(3)22-27(24,25)17-11-12-19(26-4)18(13-17)20(23)21-6-2/h7-14,22H,5-6H2,1-4H3,(H,21,23)/t14-/m0/s1. The van der Waals surface area contributed by atoms with Crippen LogP contribution in [0.1, 0.15) is 48.3 Å². The Morgan fingerprint density at radius 2 is 1.78 bits per heavy atom. The first-order chi connectivity index (χ1) is 12.8. The topological polar surface area (TPSA) is 84.5 Å². The van der Waals surface area contributed by atoms with Gasteiger partial charge < -0.3 is 10.1 Å². The molecule has 0 fully saturated rings. The Hall–Kier alpha value is -2.38. The highest BCUT2D eigenvalue weighted by Gasteiger charge is 2.22. The van der Waals surface area contributed by atoms with Crippen molar-refractivity contribution in [2.24, 2.45) is 0 Å². The minimum absolute atomic E-state index is 0.0154. The summed E-state index contributed by atoms with van der Waals surface area (Å²) < 4.78 is 33.4. The third-order valence-electron chi connectivity index (χ3n) is 4.28. The van der Waals surface area contributed by atoms with E-state index in [2.05, 4.69) is 17.0 Å². The van der Waals surface area contributed by atoms with E-state index >= 15 is 0 Å². The number of rotatable bonds is 8. The zero-order valence-corrected chi connectivity index (χ0v) is 16.9. The monoisotopic (exact) mass is 390 g/mol. The molecule has 1 atom stereocenters. The molecule has 0 aliphatic rings. The van der Waals surface area contributed by atoms with Crippen LogP contribution in [-0.4, -0.2) is 28.0 Å². The van der Waals surface area contributed by atoms with Gasteiger partial charge in [-0.3, -0.25) is 4.79 Å². The lowest BCUT2D eigenvalue weighted by atomic mass is 10.1. The number of methoxy groups -OCH3 is 1. The normalized spacial score (nSPS) is 12.4. The molecule has 7 heteroatoms. The van der Waals surface area contributed by atoms with E-state index in [1.54, 1.807) is 13.8 Å². The van der Waals surface area contributed by atoms with Gasteiger partial charge in [-0.1, -0.05) is 31.2 Å². The molecule has 0 unspecified atom stereocenters. The van der Waals surface area contributed by atoms with Crippen LogP contribution in [0.5, 0.6) is 5.75 Å². The molecule has 0 saturated carbocycles. The highest BCUT2D eigenvalue weighted by atomic mass is 32.2. The lowest BCUT2D eigenvalue weighted by molar-refractivity contribution is 0.0952. The van der Waals surface area contributed by atoms with Crippen LogP contribution >= 0.6 is 0 Å². The minimum Gasteiger partial charge on any atom is -0.496 e. The molecular formula is C20H26N2O4S. The highest BCUT2D eigenvalue weighted by Crippen LogP contribution is 2.24. The Labute approximate surface area is 161 Å². The smallest absolute Gasteiger partial charge is 0.255 e. The third-order valence-corrected chi connectivity index (χ3v) is 5.82. The van der Waals surface area contributed by atoms with Gasteiger partial charge in [-0.2, -0.15) is 0 Å². The molecule has 2 aromatic carbocycles. The molecular weight excluding hydrogens is 364 g/mol. The van der Waals surface area contributed by atoms with Crippen molar-refractivity contribution >= 4 is 15.9 Å². The van der Waals surface area contributed by atoms with E-state index in [9.17, 15) is 13.2 Å². The molecule has 0 spiro atoms. The predicted octanol–water partition coefficient (Wildman–Crippen LogP) is 3.05. The van der Waals surface area contributed by atoms with Crippen molar-refractivity contribution in [2.45, 2.75) is 38.1 Å². The third kappa shape index (κ3) is 5.08. The van der Waals surface area contributed by atoms with Crippen LogP contribution in [0.15, 0.2) is 47.4 Å². The Bertz CT molecular complexity index is 893. The molecule has 0 aliphatic heterocycles. The number of nitrogens with one attached hydrogen (secondary N) is 2. The summed E-state index contributed by atoms with van der Waals surface area (Å²) in [6.45, 7) is 6.07. The van der Waals surface area contributed by atoms with E-state index < -0.39 is 16.1 Å². The maximum atomic E-state index is 12.8. The van der Waals surface area contributed by atoms with Crippen molar-refractivity contribution in [1.82, 2.24) is 10.0 Å². The summed E-state index contributed by atoms with van der Waals surface area (Å²) in [4.78, 5) is 12.2. The van der Waals surface area contributed by atoms with Gasteiger partial charge in [0.2, 0.25) is 10.0 Å². The number of aryl methyl sites for hydroxylation is 1. The number of amides is 1. The van der Waals surface area contributed by atoms with E-state index in [0.29, 0.717) is 12.3 Å². The second-order valence-corrected chi connectivity index (χ2v) is 7.87. The number of hydrogen-bond donors (Lipinski definition) is 2. The Morgan fingerprint density at radius 1 is 1.11 bits per heavy atom. The molecule has 2 aromatic rings. The van der Waals surface area contributed by atoms with Crippen LogP contribution in [0.4, 0.5) is 0 Å². The quantitative estimate of drug-likeness (QED) is 0.726. The van der Waals surface area contributed by atoms with E-state index in [-0.39, 0.29) is 16.4 Å². The molecule has 0 aliphatic carbocycles. The van der Waals surface area contributed by atoms with Gasteiger partial charge in [-0.25, -0.2) is 13.1 Å². The second-order valence-electron chi connectivity index (χ2n) is 6.16. The number of benzene rings is 2. The number of carbonyl (C=O) groups excluding carboxylic acids is 1. The van der Waals surface area contributed by atoms with Crippen LogP contribution in [0.2, 0.25) is 0 Å². The molecule has 0 heterocycles. The molecule has 146 valence electrons. The molecule has 27 heavy (non-hydrogen) atoms. The molecule has 0 radical (unpaired) electrons. The summed E-state index contributed by atoms with van der Waals surface area (Å²) in [6, 6.07) is 11.6. The minimum atomic E-state index is -3.80. The first-order valence-corrected chi connectivity index (χ1v) is 10.4. The Morgan fingerprint density at radius 3 is 2.33 bits per heavy atom. The van der Waals surface area contributed by atoms with E-state index in [1.807, 2.05) is 24.3 Å². The summed E-state index contributed by atoms with van der Waals surface area (Å²) in [7, 11) is -2.37. The molecule has 0 aromatic heterocycles. The van der Waals surface area contributed by atoms with E-state index in [1.165, 1.54) is 30.9 Å². The van der Waals surface area contributed by atoms with Crippen LogP contribution in [0, 0.1) is 0 Å². The van der Waals surface area contributed by atoms with Crippen molar-refractivity contribution < 1.29 is 17.9 Å². The van der Waals surface area contributed by atoms with Gasteiger partial charge in [-0.05, 0) is 49.6 Å². The summed E-state index contributed by atoms with van der Waals surface area (Å²) in [5, 5.41) is 2.66. The van der Waals surface area contributed by atoms with Gasteiger partial charge in [0.1, 0.15) is 5.75 Å². The predicted molar refractivity (Wildman–Crippen MR) is 106 cm³/mol. The van der Waals surface area contributed by atoms with E-state index in [0.717, 1.165) is 12.0 Å². The van der Waals surface area contributed by atoms with Gasteiger partial charge in [0, 0.05) is 12.6 Å². The molecule has 2 N–H and O–H groups in total. The first-order valence-electron chi connectivity index (χ1n) is 8.89. The first kappa shape index (κ1) is 20.9. The molecule has 1 amide bonds. The maximum absolute atomic E-state index is 12.8. The van der Waals surface area contributed by atoms with Crippen LogP contribution in [-0.2, 0) is 16.4 Å². The summed E-state index contributed by atoms with van der Waals surface area (Å²) in [5.41, 5.74) is 2.24. The van der Waals surface area contributed by atoms with Crippen LogP contribution in [0.3, 0.4) is 0 Å². The van der Waals surface area contributed by atoms with Crippen LogP contribution in [0.25, 0.3) is 0 Å². The molecule has 0 saturated heterocycles. The zero-order valence-electron chi connectivity index (χ0n) is 16.1. The van der Waals surface area contributed by atoms with Crippen molar-refractivity contribution in [2.75, 3.05) is 13.7 Å². The number of ether oxygens (including phenoxy) is 1. The van der Waals surface area contributed by atoms with Gasteiger partial charge in [0.05, 0.1) is 17.6 Å². The van der Waals surface area contributed by atoms with Crippen LogP contribution < -0.4 is 14.8 Å². The number of sulfonamides is 1. The fourth-order valence-electron chi connectivity index (χ4n) is 2.70. The molecule has 0 bridgehead atoms. The fourth-order valence-corrected chi connectivity index (χ4v) is 3.96. The lowest BCUT2D eigenvalue weighted by Crippen LogP contribution is -2.28. The van der Waals surface area contributed by atoms with Crippen molar-refractivity contribution in [3.05, 3.63) is 59.2 Å². The average molecular weight is 391 g/mol. The highest BCUT2D eigenvalue weighted by molar-refractivity contribution is 7.89. The van der Waals surface area contributed by atoms with Crippen molar-refractivity contribution in [3.63, 3.8) is 0 Å². The Balaban J connectivity index is 2.29. The molecule has 6 nitrogen and oxygen atoms in total. The van der Waals surface area contributed by atoms with Crippen molar-refractivity contribution in [3.8, 4) is 5.75 Å². The average Bonchev–Trinajstić information content (AvgIpc) is 2.67. The Kier molecular flexibility index (Phi) is 6.98. The molecule has 2 rings (SSSR count). The maximum Gasteiger partial charge on any atom is 0.255 e. The largest absolute Gasteiger partial charge is 0.496 e. The van der Waals surface area contributed by atoms with Gasteiger partial charge >= 0.3 is 0 Å². The second kappa shape index (κ2) is 9.01. The van der Waals surface area contributed by atoms with Gasteiger partial charge in [0.25, 0.3) is 5.91 Å². The van der Waals surface area contributed by atoms with Crippen molar-refractivity contribution in [1.29, 1.82) is 0 Å².